The summed E-state index contributed by atoms with van der Waals surface area (Å²) in [6.45, 7) is 0. The molecule has 1 N–H and O–H groups in total. The van der Waals surface area contributed by atoms with Crippen molar-refractivity contribution in [2.45, 2.75) is 0 Å². The van der Waals surface area contributed by atoms with Crippen molar-refractivity contribution in [1.29, 1.82) is 0 Å². The average Bonchev–Trinajstić information content (AvgIpc) is 2.62. The largest absolute Gasteiger partial charge is 0.711 e. The minimum absolute atomic E-state index is 0.276. The number of nitrogens with zero attached hydrogens (tertiary/aromatic N) is 1. The Bertz CT molecular complexity index is 490. The average molecular weight is 192 g/mol. The van der Waals surface area contributed by atoms with Crippen molar-refractivity contribution in [1.82, 2.24) is 4.98 Å². The van der Waals surface area contributed by atoms with Crippen LogP contribution < -0.4 is 4.73 Å². The van der Waals surface area contributed by atoms with Crippen LogP contribution in [0.25, 0.3) is 11.0 Å². The first-order chi connectivity index (χ1) is 6.72. The van der Waals surface area contributed by atoms with E-state index in [1.54, 1.807) is 18.2 Å². The van der Waals surface area contributed by atoms with E-state index in [9.17, 15) is 10.0 Å². The molecule has 2 aromatic rings. The SMILES string of the molecule is COC(=O)c1cc2ccc[n+]([O-])c2[nH]1. The fourth-order valence-corrected chi connectivity index (χ4v) is 1.29. The highest BCUT2D eigenvalue weighted by atomic mass is 16.5. The van der Waals surface area contributed by atoms with E-state index < -0.39 is 5.97 Å². The maximum atomic E-state index is 11.2. The molecule has 5 heteroatoms. The lowest BCUT2D eigenvalue weighted by Gasteiger charge is -1.99. The second-order valence-electron chi connectivity index (χ2n) is 2.81. The topological polar surface area (TPSA) is 69.0 Å². The van der Waals surface area contributed by atoms with Crippen LogP contribution in [0.2, 0.25) is 0 Å². The number of aromatic nitrogens is 2. The number of carbonyl (C=O) groups is 1. The van der Waals surface area contributed by atoms with Crippen LogP contribution in [-0.2, 0) is 4.74 Å². The Morgan fingerprint density at radius 1 is 1.64 bits per heavy atom. The van der Waals surface area contributed by atoms with Crippen LogP contribution >= 0.6 is 0 Å². The van der Waals surface area contributed by atoms with Gasteiger partial charge in [-0.3, -0.25) is 0 Å². The van der Waals surface area contributed by atoms with E-state index in [0.29, 0.717) is 15.8 Å². The van der Waals surface area contributed by atoms with E-state index in [-0.39, 0.29) is 5.69 Å². The molecule has 5 nitrogen and oxygen atoms in total. The summed E-state index contributed by atoms with van der Waals surface area (Å²) < 4.78 is 5.19. The molecule has 0 aromatic carbocycles. The molecule has 0 aliphatic heterocycles. The van der Waals surface area contributed by atoms with Crippen molar-refractivity contribution in [3.05, 3.63) is 35.3 Å². The molecular formula is C9H8N2O3. The molecule has 0 atom stereocenters. The van der Waals surface area contributed by atoms with Crippen LogP contribution in [0.3, 0.4) is 0 Å². The van der Waals surface area contributed by atoms with Crippen LogP contribution in [0.15, 0.2) is 24.4 Å². The maximum Gasteiger partial charge on any atom is 0.378 e. The smallest absolute Gasteiger partial charge is 0.378 e. The van der Waals surface area contributed by atoms with Crippen LogP contribution in [0.5, 0.6) is 0 Å². The summed E-state index contributed by atoms with van der Waals surface area (Å²) >= 11 is 0. The van der Waals surface area contributed by atoms with Gasteiger partial charge in [0.05, 0.1) is 18.7 Å². The van der Waals surface area contributed by atoms with Gasteiger partial charge in [0.2, 0.25) is 5.69 Å². The molecule has 0 unspecified atom stereocenters. The minimum atomic E-state index is -0.485. The predicted molar refractivity (Wildman–Crippen MR) is 48.6 cm³/mol. The summed E-state index contributed by atoms with van der Waals surface area (Å²) in [5.41, 5.74) is 0.631. The third-order valence-corrected chi connectivity index (χ3v) is 1.95. The summed E-state index contributed by atoms with van der Waals surface area (Å²) in [6, 6.07) is 4.94. The monoisotopic (exact) mass is 192 g/mol. The number of ether oxygens (including phenoxy) is 1. The van der Waals surface area contributed by atoms with E-state index in [0.717, 1.165) is 0 Å². The number of nitrogens with one attached hydrogen (secondary N) is 1. The number of H-pyrrole nitrogens is 1. The fourth-order valence-electron chi connectivity index (χ4n) is 1.29. The number of carbonyl (C=O) groups excluding carboxylic acids is 1. The highest BCUT2D eigenvalue weighted by Crippen LogP contribution is 2.11. The van der Waals surface area contributed by atoms with Gasteiger partial charge in [-0.2, -0.15) is 0 Å². The Labute approximate surface area is 79.5 Å². The van der Waals surface area contributed by atoms with Gasteiger partial charge >= 0.3 is 5.97 Å². The van der Waals surface area contributed by atoms with Crippen molar-refractivity contribution in [2.24, 2.45) is 0 Å². The lowest BCUT2D eigenvalue weighted by molar-refractivity contribution is -0.579. The third-order valence-electron chi connectivity index (χ3n) is 1.95. The summed E-state index contributed by atoms with van der Waals surface area (Å²) in [7, 11) is 1.29. The van der Waals surface area contributed by atoms with Crippen LogP contribution in [0, 0.1) is 5.21 Å². The van der Waals surface area contributed by atoms with Crippen molar-refractivity contribution in [3.63, 3.8) is 0 Å². The van der Waals surface area contributed by atoms with Gasteiger partial charge in [-0.25, -0.2) is 14.5 Å². The standard InChI is InChI=1S/C9H8N2O3/c1-14-9(12)7-5-6-3-2-4-11(13)8(6)10-7/h2-5,10H,1H3. The first kappa shape index (κ1) is 8.55. The molecule has 0 bridgehead atoms. The number of fused-ring (bicyclic) bond motifs is 1. The molecule has 0 saturated heterocycles. The zero-order valence-corrected chi connectivity index (χ0v) is 7.48. The molecule has 0 aliphatic rings. The van der Waals surface area contributed by atoms with Gasteiger partial charge in [0.15, 0.2) is 0 Å². The number of rotatable bonds is 1. The zero-order chi connectivity index (χ0) is 10.1. The molecule has 0 aliphatic carbocycles. The van der Waals surface area contributed by atoms with Crippen molar-refractivity contribution >= 4 is 17.0 Å². The van der Waals surface area contributed by atoms with Crippen LogP contribution in [0.1, 0.15) is 10.5 Å². The number of pyridine rings is 1. The van der Waals surface area contributed by atoms with E-state index in [1.807, 2.05) is 0 Å². The minimum Gasteiger partial charge on any atom is -0.711 e. The van der Waals surface area contributed by atoms with Crippen molar-refractivity contribution < 1.29 is 14.3 Å². The predicted octanol–water partition coefficient (Wildman–Crippen LogP) is 0.588. The number of esters is 1. The molecule has 14 heavy (non-hydrogen) atoms. The summed E-state index contributed by atoms with van der Waals surface area (Å²) in [6.07, 6.45) is 1.36. The molecule has 72 valence electrons. The van der Waals surface area contributed by atoms with Crippen molar-refractivity contribution in [3.8, 4) is 0 Å². The number of methoxy groups -OCH3 is 1. The Hall–Kier alpha value is -2.04. The van der Waals surface area contributed by atoms with Gasteiger partial charge in [0.1, 0.15) is 0 Å². The Morgan fingerprint density at radius 3 is 3.07 bits per heavy atom. The van der Waals surface area contributed by atoms with Crippen LogP contribution in [0.4, 0.5) is 0 Å². The molecule has 0 spiro atoms. The van der Waals surface area contributed by atoms with Gasteiger partial charge in [-0.05, 0) is 12.1 Å². The molecule has 2 heterocycles. The molecular weight excluding hydrogens is 184 g/mol. The van der Waals surface area contributed by atoms with Gasteiger partial charge in [0, 0.05) is 6.07 Å². The molecule has 0 fully saturated rings. The van der Waals surface area contributed by atoms with Gasteiger partial charge in [0.25, 0.3) is 5.65 Å². The number of hydrogen-bond donors (Lipinski definition) is 1. The quantitative estimate of drug-likeness (QED) is 0.408. The highest BCUT2D eigenvalue weighted by molar-refractivity contribution is 5.92. The van der Waals surface area contributed by atoms with E-state index in [4.69, 9.17) is 0 Å². The Morgan fingerprint density at radius 2 is 2.43 bits per heavy atom. The molecule has 0 radical (unpaired) electrons. The molecule has 2 aromatic heterocycles. The third kappa shape index (κ3) is 1.19. The second kappa shape index (κ2) is 3.02. The first-order valence-corrected chi connectivity index (χ1v) is 4.01. The number of hydrogen-bond acceptors (Lipinski definition) is 3. The number of aromatic amines is 1. The summed E-state index contributed by atoms with van der Waals surface area (Å²) in [5.74, 6) is -0.485. The summed E-state index contributed by atoms with van der Waals surface area (Å²) in [4.78, 5) is 13.8. The normalized spacial score (nSPS) is 10.4. The first-order valence-electron chi connectivity index (χ1n) is 4.01. The Balaban J connectivity index is 2.62. The molecule has 0 amide bonds. The molecule has 2 rings (SSSR count). The summed E-state index contributed by atoms with van der Waals surface area (Å²) in [5, 5.41) is 11.9. The molecule has 0 saturated carbocycles. The lowest BCUT2D eigenvalue weighted by atomic mass is 10.3. The Kier molecular flexibility index (Phi) is 1.85. The van der Waals surface area contributed by atoms with E-state index in [1.165, 1.54) is 13.3 Å². The lowest BCUT2D eigenvalue weighted by Crippen LogP contribution is -2.26. The van der Waals surface area contributed by atoms with Gasteiger partial charge in [-0.15, -0.1) is 0 Å². The van der Waals surface area contributed by atoms with Crippen molar-refractivity contribution in [2.75, 3.05) is 7.11 Å². The fraction of sp³-hybridized carbons (Fsp3) is 0.111. The van der Waals surface area contributed by atoms with E-state index >= 15 is 0 Å². The second-order valence-corrected chi connectivity index (χ2v) is 2.81. The van der Waals surface area contributed by atoms with Gasteiger partial charge < -0.3 is 9.94 Å². The van der Waals surface area contributed by atoms with Gasteiger partial charge in [-0.1, -0.05) is 0 Å². The maximum absolute atomic E-state index is 11.2. The van der Waals surface area contributed by atoms with E-state index in [2.05, 4.69) is 9.72 Å². The van der Waals surface area contributed by atoms with Crippen LogP contribution in [-0.4, -0.2) is 18.1 Å². The highest BCUT2D eigenvalue weighted by Gasteiger charge is 2.15. The zero-order valence-electron chi connectivity index (χ0n) is 7.48.